The maximum atomic E-state index is 14.6. The van der Waals surface area contributed by atoms with Crippen molar-refractivity contribution in [3.63, 3.8) is 0 Å². The third kappa shape index (κ3) is 6.86. The molecule has 0 saturated carbocycles. The molecule has 0 spiro atoms. The van der Waals surface area contributed by atoms with Crippen molar-refractivity contribution in [3.05, 3.63) is 115 Å². The van der Waals surface area contributed by atoms with E-state index in [1.807, 2.05) is 41.9 Å². The average Bonchev–Trinajstić information content (AvgIpc) is 3.55. The number of methoxy groups -OCH3 is 1. The number of hydrogen-bond acceptors (Lipinski definition) is 7. The third-order valence-corrected chi connectivity index (χ3v) is 7.45. The second-order valence-electron chi connectivity index (χ2n) is 9.72. The van der Waals surface area contributed by atoms with Gasteiger partial charge >= 0.3 is 5.82 Å². The zero-order chi connectivity index (χ0) is 30.7. The summed E-state index contributed by atoms with van der Waals surface area (Å²) in [6.07, 6.45) is 1.27. The third-order valence-electron chi connectivity index (χ3n) is 6.83. The largest absolute Gasteiger partial charge is 0.497 e. The van der Waals surface area contributed by atoms with E-state index in [4.69, 9.17) is 26.2 Å². The summed E-state index contributed by atoms with van der Waals surface area (Å²) in [5, 5.41) is 21.1. The Morgan fingerprint density at radius 2 is 1.84 bits per heavy atom. The second-order valence-corrected chi connectivity index (χ2v) is 11.0. The van der Waals surface area contributed by atoms with Crippen LogP contribution in [0, 0.1) is 15.9 Å². The molecule has 3 aromatic heterocycles. The Morgan fingerprint density at radius 1 is 1.07 bits per heavy atom. The predicted molar refractivity (Wildman–Crippen MR) is 163 cm³/mol. The Hall–Kier alpha value is -4.29. The first-order valence-corrected chi connectivity index (χ1v) is 14.5. The molecule has 43 heavy (non-hydrogen) atoms. The molecule has 2 aromatic carbocycles. The van der Waals surface area contributed by atoms with Crippen molar-refractivity contribution >= 4 is 33.3 Å². The van der Waals surface area contributed by atoms with Gasteiger partial charge in [-0.2, -0.15) is 10.2 Å². The lowest BCUT2D eigenvalue weighted by Gasteiger charge is -2.19. The lowest BCUT2D eigenvalue weighted by atomic mass is 10.00. The lowest BCUT2D eigenvalue weighted by molar-refractivity contribution is -0.390. The van der Waals surface area contributed by atoms with Crippen LogP contribution in [-0.2, 0) is 19.5 Å². The Bertz CT molecular complexity index is 1780. The van der Waals surface area contributed by atoms with E-state index >= 15 is 0 Å². The van der Waals surface area contributed by atoms with Crippen molar-refractivity contribution in [2.45, 2.75) is 39.5 Å². The highest BCUT2D eigenvalue weighted by Crippen LogP contribution is 2.36. The number of halogens is 3. The summed E-state index contributed by atoms with van der Waals surface area (Å²) in [7, 11) is 1.63. The van der Waals surface area contributed by atoms with Gasteiger partial charge < -0.3 is 19.6 Å². The van der Waals surface area contributed by atoms with Crippen LogP contribution in [0.25, 0.3) is 11.3 Å². The molecule has 222 valence electrons. The molecular formula is C30H27BrClFN6O4. The van der Waals surface area contributed by atoms with E-state index < -0.39 is 22.7 Å². The molecule has 0 saturated heterocycles. The molecule has 0 N–H and O–H groups in total. The highest BCUT2D eigenvalue weighted by atomic mass is 79.9. The quantitative estimate of drug-likeness (QED) is 0.106. The van der Waals surface area contributed by atoms with Crippen molar-refractivity contribution in [1.82, 2.24) is 24.5 Å². The van der Waals surface area contributed by atoms with Gasteiger partial charge in [-0.15, -0.1) is 0 Å². The summed E-state index contributed by atoms with van der Waals surface area (Å²) in [6.45, 7) is 4.59. The minimum atomic E-state index is -0.796. The highest BCUT2D eigenvalue weighted by Gasteiger charge is 2.24. The fraction of sp³-hybridized carbons (Fsp3) is 0.233. The first-order valence-electron chi connectivity index (χ1n) is 13.3. The van der Waals surface area contributed by atoms with Crippen molar-refractivity contribution in [2.75, 3.05) is 7.11 Å². The van der Waals surface area contributed by atoms with Crippen LogP contribution in [0.5, 0.6) is 11.5 Å². The topological polar surface area (TPSA) is 110 Å². The van der Waals surface area contributed by atoms with Gasteiger partial charge in [0.15, 0.2) is 11.3 Å². The maximum absolute atomic E-state index is 14.6. The van der Waals surface area contributed by atoms with Crippen LogP contribution in [0.2, 0.25) is 5.15 Å². The summed E-state index contributed by atoms with van der Waals surface area (Å²) >= 11 is 9.69. The molecule has 5 aromatic rings. The van der Waals surface area contributed by atoms with Gasteiger partial charge in [0.1, 0.15) is 17.7 Å². The molecule has 0 radical (unpaired) electrons. The van der Waals surface area contributed by atoms with E-state index in [1.54, 1.807) is 30.8 Å². The molecule has 10 nitrogen and oxygen atoms in total. The molecule has 3 heterocycles. The van der Waals surface area contributed by atoms with Crippen molar-refractivity contribution in [2.24, 2.45) is 0 Å². The van der Waals surface area contributed by atoms with E-state index in [0.717, 1.165) is 29.1 Å². The number of benzene rings is 2. The number of ether oxygens (including phenoxy) is 2. The fourth-order valence-electron chi connectivity index (χ4n) is 4.73. The highest BCUT2D eigenvalue weighted by molar-refractivity contribution is 9.10. The summed E-state index contributed by atoms with van der Waals surface area (Å²) in [5.41, 5.74) is 4.56. The van der Waals surface area contributed by atoms with Crippen LogP contribution in [0.3, 0.4) is 0 Å². The van der Waals surface area contributed by atoms with Crippen LogP contribution < -0.4 is 9.47 Å². The van der Waals surface area contributed by atoms with Crippen LogP contribution in [0.15, 0.2) is 71.3 Å². The number of aromatic nitrogens is 5. The lowest BCUT2D eigenvalue weighted by Crippen LogP contribution is -2.13. The van der Waals surface area contributed by atoms with Gasteiger partial charge in [0.05, 0.1) is 41.8 Å². The maximum Gasteiger partial charge on any atom is 0.406 e. The van der Waals surface area contributed by atoms with Crippen molar-refractivity contribution in [1.29, 1.82) is 0 Å². The molecule has 0 fully saturated rings. The molecule has 0 bridgehead atoms. The Balaban J connectivity index is 1.50. The monoisotopic (exact) mass is 668 g/mol. The van der Waals surface area contributed by atoms with Crippen molar-refractivity contribution < 1.29 is 18.8 Å². The van der Waals surface area contributed by atoms with Gasteiger partial charge in [-0.25, -0.2) is 4.39 Å². The number of hydrogen-bond donors (Lipinski definition) is 0. The number of aryl methyl sites for hydroxylation is 1. The minimum absolute atomic E-state index is 0.0526. The standard InChI is InChI=1S/C30H27BrClFN6O4/c1-4-22-13-23(37(35-22)16-19-5-8-24(42-3)9-6-19)17-38-27(14-29(32)36-38)25-10-7-21(33)12-26(25)18(2)43-28-11-20(31)15-34-30(28)39(40)41/h5-15,18H,4,16-17H2,1-3H3/t18-/m1/s1. The van der Waals surface area contributed by atoms with Gasteiger partial charge in [0.25, 0.3) is 0 Å². The minimum Gasteiger partial charge on any atom is -0.497 e. The van der Waals surface area contributed by atoms with Crippen LogP contribution >= 0.6 is 27.5 Å². The van der Waals surface area contributed by atoms with Crippen LogP contribution in [0.1, 0.15) is 42.5 Å². The van der Waals surface area contributed by atoms with Gasteiger partial charge in [0, 0.05) is 23.3 Å². The van der Waals surface area contributed by atoms with E-state index in [9.17, 15) is 14.5 Å². The Labute approximate surface area is 260 Å². The summed E-state index contributed by atoms with van der Waals surface area (Å²) in [6, 6.07) is 17.3. The van der Waals surface area contributed by atoms with Crippen molar-refractivity contribution in [3.8, 4) is 22.8 Å². The van der Waals surface area contributed by atoms with E-state index in [0.29, 0.717) is 34.4 Å². The number of rotatable bonds is 11. The predicted octanol–water partition coefficient (Wildman–Crippen LogP) is 7.41. The normalized spacial score (nSPS) is 11.9. The molecule has 0 unspecified atom stereocenters. The number of nitro groups is 1. The van der Waals surface area contributed by atoms with Gasteiger partial charge in [-0.3, -0.25) is 9.36 Å². The zero-order valence-corrected chi connectivity index (χ0v) is 25.8. The molecule has 5 rings (SSSR count). The summed E-state index contributed by atoms with van der Waals surface area (Å²) in [5.74, 6) is -0.215. The summed E-state index contributed by atoms with van der Waals surface area (Å²) in [4.78, 5) is 14.8. The van der Waals surface area contributed by atoms with E-state index in [1.165, 1.54) is 24.4 Å². The average molecular weight is 670 g/mol. The Morgan fingerprint density at radius 3 is 2.53 bits per heavy atom. The van der Waals surface area contributed by atoms with Gasteiger partial charge in [0.2, 0.25) is 5.75 Å². The van der Waals surface area contributed by atoms with Crippen LogP contribution in [0.4, 0.5) is 10.2 Å². The molecule has 0 aliphatic carbocycles. The smallest absolute Gasteiger partial charge is 0.406 e. The number of nitrogens with zero attached hydrogens (tertiary/aromatic N) is 6. The molecule has 13 heteroatoms. The first-order chi connectivity index (χ1) is 20.6. The van der Waals surface area contributed by atoms with Gasteiger partial charge in [-0.05, 0) is 81.1 Å². The fourth-order valence-corrected chi connectivity index (χ4v) is 5.23. The molecular weight excluding hydrogens is 643 g/mol. The van der Waals surface area contributed by atoms with E-state index in [-0.39, 0.29) is 10.9 Å². The van der Waals surface area contributed by atoms with Gasteiger partial charge in [-0.1, -0.05) is 30.7 Å². The molecule has 1 atom stereocenters. The molecule has 0 amide bonds. The molecule has 0 aliphatic rings. The second kappa shape index (κ2) is 12.9. The molecule has 0 aliphatic heterocycles. The van der Waals surface area contributed by atoms with E-state index in [2.05, 4.69) is 26.0 Å². The van der Waals surface area contributed by atoms with Crippen LogP contribution in [-0.4, -0.2) is 36.6 Å². The zero-order valence-electron chi connectivity index (χ0n) is 23.5. The summed E-state index contributed by atoms with van der Waals surface area (Å²) < 4.78 is 30.0. The Kier molecular flexibility index (Phi) is 9.07. The first kappa shape index (κ1) is 30.2. The SMILES string of the molecule is CCc1cc(Cn2nc(Cl)cc2-c2ccc(F)cc2[C@@H](C)Oc2cc(Br)cnc2[N+](=O)[O-])n(Cc2ccc(OC)cc2)n1. The number of pyridine rings is 1.